The van der Waals surface area contributed by atoms with Crippen LogP contribution in [-0.2, 0) is 10.4 Å². The van der Waals surface area contributed by atoms with Gasteiger partial charge in [0.05, 0.1) is 12.8 Å². The molecule has 0 unspecified atom stereocenters. The van der Waals surface area contributed by atoms with E-state index < -0.39 is 5.60 Å². The molecule has 0 aliphatic carbocycles. The lowest BCUT2D eigenvalue weighted by molar-refractivity contribution is -0.117. The standard InChI is InChI=1S/C18H17NO3S/c1-18(21,16-11-13-5-2-3-7-15(13)23-16)12-19-17(20)9-8-14-6-4-10-22-14/h2-11,21H,12H2,1H3,(H,19,20)/b9-8+/t18-/m1/s1. The largest absolute Gasteiger partial charge is 0.465 e. The zero-order chi connectivity index (χ0) is 16.3. The van der Waals surface area contributed by atoms with E-state index in [4.69, 9.17) is 4.42 Å². The highest BCUT2D eigenvalue weighted by atomic mass is 32.1. The first-order valence-electron chi connectivity index (χ1n) is 7.25. The van der Waals surface area contributed by atoms with Crippen LogP contribution >= 0.6 is 11.3 Å². The third kappa shape index (κ3) is 3.70. The minimum atomic E-state index is -1.11. The van der Waals surface area contributed by atoms with E-state index in [1.807, 2.05) is 30.3 Å². The lowest BCUT2D eigenvalue weighted by Gasteiger charge is -2.21. The fraction of sp³-hybridized carbons (Fsp3) is 0.167. The van der Waals surface area contributed by atoms with Crippen molar-refractivity contribution in [2.45, 2.75) is 12.5 Å². The molecule has 2 heterocycles. The van der Waals surface area contributed by atoms with Crippen LogP contribution in [0.4, 0.5) is 0 Å². The molecule has 4 nitrogen and oxygen atoms in total. The summed E-state index contributed by atoms with van der Waals surface area (Å²) in [4.78, 5) is 12.7. The Labute approximate surface area is 138 Å². The molecule has 118 valence electrons. The molecule has 5 heteroatoms. The predicted octanol–water partition coefficient (Wildman–Crippen LogP) is 3.53. The van der Waals surface area contributed by atoms with Crippen molar-refractivity contribution < 1.29 is 14.3 Å². The van der Waals surface area contributed by atoms with Crippen molar-refractivity contribution in [2.75, 3.05) is 6.54 Å². The quantitative estimate of drug-likeness (QED) is 0.705. The highest BCUT2D eigenvalue weighted by Crippen LogP contribution is 2.32. The number of thiophene rings is 1. The molecule has 0 saturated carbocycles. The van der Waals surface area contributed by atoms with Crippen LogP contribution in [0.3, 0.4) is 0 Å². The third-order valence-electron chi connectivity index (χ3n) is 3.51. The van der Waals surface area contributed by atoms with Gasteiger partial charge in [-0.3, -0.25) is 4.79 Å². The molecule has 0 aliphatic heterocycles. The molecule has 2 aromatic heterocycles. The number of furan rings is 1. The van der Waals surface area contributed by atoms with Gasteiger partial charge in [-0.15, -0.1) is 11.3 Å². The number of carbonyl (C=O) groups excluding carboxylic acids is 1. The predicted molar refractivity (Wildman–Crippen MR) is 92.1 cm³/mol. The van der Waals surface area contributed by atoms with E-state index in [0.29, 0.717) is 5.76 Å². The smallest absolute Gasteiger partial charge is 0.244 e. The molecular formula is C18H17NO3S. The summed E-state index contributed by atoms with van der Waals surface area (Å²) < 4.78 is 6.24. The maximum absolute atomic E-state index is 11.8. The van der Waals surface area contributed by atoms with Gasteiger partial charge in [0.2, 0.25) is 5.91 Å². The SMILES string of the molecule is C[C@@](O)(CNC(=O)/C=C/c1ccco1)c1cc2ccccc2s1. The monoisotopic (exact) mass is 327 g/mol. The van der Waals surface area contributed by atoms with Gasteiger partial charge >= 0.3 is 0 Å². The Morgan fingerprint density at radius 1 is 1.35 bits per heavy atom. The van der Waals surface area contributed by atoms with Gasteiger partial charge < -0.3 is 14.8 Å². The minimum Gasteiger partial charge on any atom is -0.465 e. The van der Waals surface area contributed by atoms with Crippen LogP contribution in [0.1, 0.15) is 17.6 Å². The number of carbonyl (C=O) groups is 1. The number of nitrogens with one attached hydrogen (secondary N) is 1. The van der Waals surface area contributed by atoms with Gasteiger partial charge in [-0.05, 0) is 42.7 Å². The second-order valence-corrected chi connectivity index (χ2v) is 6.57. The Hall–Kier alpha value is -2.37. The first kappa shape index (κ1) is 15.5. The first-order valence-corrected chi connectivity index (χ1v) is 8.07. The molecule has 0 bridgehead atoms. The van der Waals surface area contributed by atoms with Crippen LogP contribution in [0.15, 0.2) is 59.2 Å². The number of rotatable bonds is 5. The fourth-order valence-corrected chi connectivity index (χ4v) is 3.30. The van der Waals surface area contributed by atoms with Crippen molar-refractivity contribution in [2.24, 2.45) is 0 Å². The van der Waals surface area contributed by atoms with Gasteiger partial charge in [-0.2, -0.15) is 0 Å². The Balaban J connectivity index is 1.65. The summed E-state index contributed by atoms with van der Waals surface area (Å²) in [5, 5.41) is 14.5. The number of hydrogen-bond acceptors (Lipinski definition) is 4. The van der Waals surface area contributed by atoms with Crippen LogP contribution in [-0.4, -0.2) is 17.6 Å². The summed E-state index contributed by atoms with van der Waals surface area (Å²) >= 11 is 1.53. The molecule has 1 aromatic carbocycles. The van der Waals surface area contributed by atoms with E-state index in [9.17, 15) is 9.90 Å². The molecule has 0 saturated heterocycles. The van der Waals surface area contributed by atoms with Crippen LogP contribution in [0, 0.1) is 0 Å². The molecule has 2 N–H and O–H groups in total. The van der Waals surface area contributed by atoms with Crippen molar-refractivity contribution in [3.63, 3.8) is 0 Å². The molecule has 3 aromatic rings. The third-order valence-corrected chi connectivity index (χ3v) is 4.87. The van der Waals surface area contributed by atoms with E-state index in [2.05, 4.69) is 5.32 Å². The number of fused-ring (bicyclic) bond motifs is 1. The number of aliphatic hydroxyl groups is 1. The Morgan fingerprint density at radius 2 is 2.17 bits per heavy atom. The van der Waals surface area contributed by atoms with Gasteiger partial charge in [0.25, 0.3) is 0 Å². The van der Waals surface area contributed by atoms with Crippen molar-refractivity contribution in [1.82, 2.24) is 5.32 Å². The van der Waals surface area contributed by atoms with Gasteiger partial charge in [0.1, 0.15) is 11.4 Å². The molecule has 23 heavy (non-hydrogen) atoms. The molecule has 1 amide bonds. The van der Waals surface area contributed by atoms with Gasteiger partial charge in [-0.1, -0.05) is 18.2 Å². The van der Waals surface area contributed by atoms with Gasteiger partial charge in [-0.25, -0.2) is 0 Å². The lowest BCUT2D eigenvalue weighted by Crippen LogP contribution is -2.37. The molecule has 0 spiro atoms. The number of amides is 1. The van der Waals surface area contributed by atoms with Gasteiger partial charge in [0.15, 0.2) is 0 Å². The molecule has 0 aliphatic rings. The van der Waals surface area contributed by atoms with Crippen molar-refractivity contribution in [3.8, 4) is 0 Å². The van der Waals surface area contributed by atoms with E-state index in [1.165, 1.54) is 17.4 Å². The van der Waals surface area contributed by atoms with E-state index in [-0.39, 0.29) is 12.5 Å². The average molecular weight is 327 g/mol. The molecule has 3 rings (SSSR count). The van der Waals surface area contributed by atoms with Crippen molar-refractivity contribution in [3.05, 3.63) is 65.4 Å². The number of benzene rings is 1. The molecule has 0 fully saturated rings. The maximum Gasteiger partial charge on any atom is 0.244 e. The zero-order valence-electron chi connectivity index (χ0n) is 12.7. The summed E-state index contributed by atoms with van der Waals surface area (Å²) in [5.74, 6) is 0.333. The van der Waals surface area contributed by atoms with E-state index >= 15 is 0 Å². The van der Waals surface area contributed by atoms with Gasteiger partial charge in [0, 0.05) is 15.7 Å². The summed E-state index contributed by atoms with van der Waals surface area (Å²) in [7, 11) is 0. The van der Waals surface area contributed by atoms with E-state index in [0.717, 1.165) is 15.0 Å². The first-order chi connectivity index (χ1) is 11.0. The van der Waals surface area contributed by atoms with E-state index in [1.54, 1.807) is 31.4 Å². The Morgan fingerprint density at radius 3 is 2.91 bits per heavy atom. The second-order valence-electron chi connectivity index (χ2n) is 5.49. The lowest BCUT2D eigenvalue weighted by atomic mass is 10.0. The Kier molecular flexibility index (Phi) is 4.32. The van der Waals surface area contributed by atoms with Crippen LogP contribution in [0.2, 0.25) is 0 Å². The van der Waals surface area contributed by atoms with Crippen LogP contribution in [0.25, 0.3) is 16.2 Å². The van der Waals surface area contributed by atoms with Crippen LogP contribution in [0.5, 0.6) is 0 Å². The number of hydrogen-bond donors (Lipinski definition) is 2. The normalized spacial score (nSPS) is 14.2. The Bertz CT molecular complexity index is 798. The van der Waals surface area contributed by atoms with Crippen LogP contribution < -0.4 is 5.32 Å². The zero-order valence-corrected chi connectivity index (χ0v) is 13.5. The maximum atomic E-state index is 11.8. The highest BCUT2D eigenvalue weighted by molar-refractivity contribution is 7.19. The summed E-state index contributed by atoms with van der Waals surface area (Å²) in [6, 6.07) is 13.4. The average Bonchev–Trinajstić information content (AvgIpc) is 3.20. The molecule has 0 radical (unpaired) electrons. The highest BCUT2D eigenvalue weighted by Gasteiger charge is 2.25. The topological polar surface area (TPSA) is 62.5 Å². The van der Waals surface area contributed by atoms with Crippen molar-refractivity contribution in [1.29, 1.82) is 0 Å². The van der Waals surface area contributed by atoms with Crippen molar-refractivity contribution >= 4 is 33.4 Å². The summed E-state index contributed by atoms with van der Waals surface area (Å²) in [6.07, 6.45) is 4.52. The second kappa shape index (κ2) is 6.40. The molecule has 1 atom stereocenters. The summed E-state index contributed by atoms with van der Waals surface area (Å²) in [6.45, 7) is 1.84. The molecular weight excluding hydrogens is 310 g/mol. The fourth-order valence-electron chi connectivity index (χ4n) is 2.20. The summed E-state index contributed by atoms with van der Waals surface area (Å²) in [5.41, 5.74) is -1.11. The minimum absolute atomic E-state index is 0.140.